The topological polar surface area (TPSA) is 47.6 Å². The average molecular weight is 231 g/mol. The molecule has 0 aromatic carbocycles. The van der Waals surface area contributed by atoms with Crippen LogP contribution in [0.15, 0.2) is 0 Å². The molecule has 0 saturated heterocycles. The minimum absolute atomic E-state index is 0.113. The van der Waals surface area contributed by atoms with E-state index in [1.165, 1.54) is 0 Å². The molecule has 0 aliphatic carbocycles. The minimum Gasteiger partial charge on any atom is -0.466 e. The number of esters is 1. The van der Waals surface area contributed by atoms with Crippen molar-refractivity contribution >= 4 is 5.97 Å². The van der Waals surface area contributed by atoms with Gasteiger partial charge in [-0.2, -0.15) is 0 Å². The van der Waals surface area contributed by atoms with Crippen LogP contribution in [0.2, 0.25) is 0 Å². The number of rotatable bonds is 8. The van der Waals surface area contributed by atoms with Gasteiger partial charge in [-0.15, -0.1) is 0 Å². The Morgan fingerprint density at radius 2 is 1.94 bits per heavy atom. The van der Waals surface area contributed by atoms with Gasteiger partial charge in [0.1, 0.15) is 0 Å². The summed E-state index contributed by atoms with van der Waals surface area (Å²) in [6.07, 6.45) is 0. The highest BCUT2D eigenvalue weighted by molar-refractivity contribution is 5.72. The van der Waals surface area contributed by atoms with E-state index in [9.17, 15) is 4.79 Å². The zero-order chi connectivity index (χ0) is 12.6. The fourth-order valence-corrected chi connectivity index (χ4v) is 1.36. The molecule has 0 spiro atoms. The quantitative estimate of drug-likeness (QED) is 0.642. The molecule has 0 amide bonds. The van der Waals surface area contributed by atoms with E-state index in [-0.39, 0.29) is 17.9 Å². The van der Waals surface area contributed by atoms with Crippen molar-refractivity contribution in [2.75, 3.05) is 26.9 Å². The average Bonchev–Trinajstić information content (AvgIpc) is 2.23. The Hall–Kier alpha value is -0.610. The van der Waals surface area contributed by atoms with Crippen molar-refractivity contribution < 1.29 is 14.3 Å². The maximum absolute atomic E-state index is 11.4. The van der Waals surface area contributed by atoms with Crippen LogP contribution in [0.3, 0.4) is 0 Å². The van der Waals surface area contributed by atoms with Crippen LogP contribution in [-0.4, -0.2) is 38.9 Å². The smallest absolute Gasteiger partial charge is 0.309 e. The third-order valence-electron chi connectivity index (χ3n) is 2.53. The lowest BCUT2D eigenvalue weighted by atomic mass is 10.0. The zero-order valence-electron chi connectivity index (χ0n) is 11.1. The molecule has 0 bridgehead atoms. The standard InChI is InChI=1S/C12H25NO3/c1-6-16-12(14)10(4)7-13-11(8-15-5)9(2)3/h9-11,13H,6-8H2,1-5H3. The van der Waals surface area contributed by atoms with Crippen LogP contribution in [0.25, 0.3) is 0 Å². The number of carbonyl (C=O) groups is 1. The van der Waals surface area contributed by atoms with Crippen molar-refractivity contribution in [2.24, 2.45) is 11.8 Å². The van der Waals surface area contributed by atoms with E-state index in [0.717, 1.165) is 0 Å². The molecule has 0 heterocycles. The summed E-state index contributed by atoms with van der Waals surface area (Å²) in [5.41, 5.74) is 0. The molecule has 4 nitrogen and oxygen atoms in total. The molecule has 0 aliphatic rings. The molecule has 1 N–H and O–H groups in total. The van der Waals surface area contributed by atoms with E-state index in [0.29, 0.717) is 25.7 Å². The lowest BCUT2D eigenvalue weighted by Gasteiger charge is -2.23. The summed E-state index contributed by atoms with van der Waals surface area (Å²) in [5, 5.41) is 3.33. The van der Waals surface area contributed by atoms with Gasteiger partial charge in [-0.1, -0.05) is 20.8 Å². The highest BCUT2D eigenvalue weighted by atomic mass is 16.5. The van der Waals surface area contributed by atoms with Crippen LogP contribution in [0.1, 0.15) is 27.7 Å². The Morgan fingerprint density at radius 1 is 1.31 bits per heavy atom. The molecule has 0 aromatic heterocycles. The summed E-state index contributed by atoms with van der Waals surface area (Å²) in [6, 6.07) is 0.280. The van der Waals surface area contributed by atoms with Crippen LogP contribution in [-0.2, 0) is 14.3 Å². The summed E-state index contributed by atoms with van der Waals surface area (Å²) < 4.78 is 10.1. The summed E-state index contributed by atoms with van der Waals surface area (Å²) >= 11 is 0. The summed E-state index contributed by atoms with van der Waals surface area (Å²) in [6.45, 7) is 9.68. The highest BCUT2D eigenvalue weighted by Gasteiger charge is 2.18. The van der Waals surface area contributed by atoms with Gasteiger partial charge >= 0.3 is 5.97 Å². The maximum Gasteiger partial charge on any atom is 0.309 e. The monoisotopic (exact) mass is 231 g/mol. The second kappa shape index (κ2) is 8.53. The first-order valence-corrected chi connectivity index (χ1v) is 5.91. The Morgan fingerprint density at radius 3 is 2.38 bits per heavy atom. The Bertz CT molecular complexity index is 195. The van der Waals surface area contributed by atoms with Crippen LogP contribution < -0.4 is 5.32 Å². The van der Waals surface area contributed by atoms with Crippen molar-refractivity contribution in [3.63, 3.8) is 0 Å². The fraction of sp³-hybridized carbons (Fsp3) is 0.917. The molecule has 0 saturated carbocycles. The van der Waals surface area contributed by atoms with E-state index in [2.05, 4.69) is 19.2 Å². The van der Waals surface area contributed by atoms with E-state index >= 15 is 0 Å². The summed E-state index contributed by atoms with van der Waals surface area (Å²) in [7, 11) is 1.69. The number of methoxy groups -OCH3 is 1. The Labute approximate surface area is 98.7 Å². The first-order valence-electron chi connectivity index (χ1n) is 5.91. The van der Waals surface area contributed by atoms with Gasteiger partial charge in [-0.05, 0) is 12.8 Å². The second-order valence-electron chi connectivity index (χ2n) is 4.37. The SMILES string of the molecule is CCOC(=O)C(C)CNC(COC)C(C)C. The number of carbonyl (C=O) groups excluding carboxylic acids is 1. The van der Waals surface area contributed by atoms with E-state index in [4.69, 9.17) is 9.47 Å². The van der Waals surface area contributed by atoms with Gasteiger partial charge in [0.2, 0.25) is 0 Å². The number of ether oxygens (including phenoxy) is 2. The van der Waals surface area contributed by atoms with Crippen molar-refractivity contribution in [3.8, 4) is 0 Å². The van der Waals surface area contributed by atoms with Gasteiger partial charge in [-0.25, -0.2) is 0 Å². The molecule has 0 rings (SSSR count). The maximum atomic E-state index is 11.4. The largest absolute Gasteiger partial charge is 0.466 e. The van der Waals surface area contributed by atoms with Gasteiger partial charge in [-0.3, -0.25) is 4.79 Å². The molecule has 4 heteroatoms. The first kappa shape index (κ1) is 15.4. The van der Waals surface area contributed by atoms with Crippen LogP contribution in [0.5, 0.6) is 0 Å². The minimum atomic E-state index is -0.144. The number of nitrogens with one attached hydrogen (secondary N) is 1. The molecule has 2 atom stereocenters. The summed E-state index contributed by atoms with van der Waals surface area (Å²) in [5.74, 6) is 0.224. The van der Waals surface area contributed by atoms with E-state index < -0.39 is 0 Å². The van der Waals surface area contributed by atoms with Crippen molar-refractivity contribution in [1.82, 2.24) is 5.32 Å². The van der Waals surface area contributed by atoms with Crippen LogP contribution >= 0.6 is 0 Å². The van der Waals surface area contributed by atoms with Crippen molar-refractivity contribution in [3.05, 3.63) is 0 Å². The number of hydrogen-bond acceptors (Lipinski definition) is 4. The molecule has 2 unspecified atom stereocenters. The van der Waals surface area contributed by atoms with Crippen molar-refractivity contribution in [2.45, 2.75) is 33.7 Å². The molecular weight excluding hydrogens is 206 g/mol. The third kappa shape index (κ3) is 6.08. The molecule has 0 fully saturated rings. The lowest BCUT2D eigenvalue weighted by molar-refractivity contribution is -0.147. The van der Waals surface area contributed by atoms with Crippen LogP contribution in [0.4, 0.5) is 0 Å². The first-order chi connectivity index (χ1) is 7.52. The normalized spacial score (nSPS) is 14.9. The Balaban J connectivity index is 3.95. The van der Waals surface area contributed by atoms with Crippen molar-refractivity contribution in [1.29, 1.82) is 0 Å². The molecule has 0 aromatic rings. The predicted molar refractivity (Wildman–Crippen MR) is 64.3 cm³/mol. The predicted octanol–water partition coefficient (Wildman–Crippen LogP) is 1.45. The molecular formula is C12H25NO3. The zero-order valence-corrected chi connectivity index (χ0v) is 11.1. The fourth-order valence-electron chi connectivity index (χ4n) is 1.36. The lowest BCUT2D eigenvalue weighted by Crippen LogP contribution is -2.41. The van der Waals surface area contributed by atoms with Gasteiger partial charge in [0.15, 0.2) is 0 Å². The molecule has 0 aliphatic heterocycles. The molecule has 96 valence electrons. The molecule has 0 radical (unpaired) electrons. The van der Waals surface area contributed by atoms with Gasteiger partial charge < -0.3 is 14.8 Å². The second-order valence-corrected chi connectivity index (χ2v) is 4.37. The van der Waals surface area contributed by atoms with Gasteiger partial charge in [0.05, 0.1) is 19.1 Å². The highest BCUT2D eigenvalue weighted by Crippen LogP contribution is 2.04. The summed E-state index contributed by atoms with van der Waals surface area (Å²) in [4.78, 5) is 11.4. The van der Waals surface area contributed by atoms with Gasteiger partial charge in [0.25, 0.3) is 0 Å². The molecule has 16 heavy (non-hydrogen) atoms. The van der Waals surface area contributed by atoms with E-state index in [1.54, 1.807) is 7.11 Å². The number of hydrogen-bond donors (Lipinski definition) is 1. The van der Waals surface area contributed by atoms with Crippen LogP contribution in [0, 0.1) is 11.8 Å². The Kier molecular flexibility index (Phi) is 8.21. The third-order valence-corrected chi connectivity index (χ3v) is 2.53. The van der Waals surface area contributed by atoms with E-state index in [1.807, 2.05) is 13.8 Å². The van der Waals surface area contributed by atoms with Gasteiger partial charge in [0, 0.05) is 19.7 Å².